The lowest BCUT2D eigenvalue weighted by atomic mass is 10.1. The van der Waals surface area contributed by atoms with E-state index in [-0.39, 0.29) is 25.0 Å². The van der Waals surface area contributed by atoms with Crippen molar-refractivity contribution in [3.63, 3.8) is 0 Å². The molecule has 6 heteroatoms. The predicted octanol–water partition coefficient (Wildman–Crippen LogP) is 2.37. The Morgan fingerprint density at radius 1 is 0.960 bits per heavy atom. The van der Waals surface area contributed by atoms with Crippen molar-refractivity contribution in [3.8, 4) is 11.5 Å². The van der Waals surface area contributed by atoms with Crippen molar-refractivity contribution in [2.75, 3.05) is 6.79 Å². The maximum atomic E-state index is 12.0. The Balaban J connectivity index is 1.45. The summed E-state index contributed by atoms with van der Waals surface area (Å²) in [5.74, 6) is 0.826. The van der Waals surface area contributed by atoms with Crippen LogP contribution in [0, 0.1) is 0 Å². The van der Waals surface area contributed by atoms with Crippen LogP contribution in [0.5, 0.6) is 11.5 Å². The Hall–Kier alpha value is -3.02. The van der Waals surface area contributed by atoms with Crippen LogP contribution in [0.25, 0.3) is 0 Å². The van der Waals surface area contributed by atoms with Crippen LogP contribution in [0.15, 0.2) is 42.5 Å². The van der Waals surface area contributed by atoms with Crippen LogP contribution in [0.3, 0.4) is 0 Å². The van der Waals surface area contributed by atoms with Crippen LogP contribution < -0.4 is 20.3 Å². The number of fused-ring (bicyclic) bond motifs is 1. The minimum Gasteiger partial charge on any atom is -0.454 e. The zero-order chi connectivity index (χ0) is 17.6. The number of hydrazine groups is 1. The van der Waals surface area contributed by atoms with Gasteiger partial charge in [0.2, 0.25) is 12.7 Å². The lowest BCUT2D eigenvalue weighted by molar-refractivity contribution is -0.121. The highest BCUT2D eigenvalue weighted by atomic mass is 16.7. The van der Waals surface area contributed by atoms with Gasteiger partial charge < -0.3 is 9.47 Å². The van der Waals surface area contributed by atoms with Gasteiger partial charge in [0.25, 0.3) is 5.91 Å². The molecule has 1 aliphatic heterocycles. The molecule has 0 saturated heterocycles. The number of benzene rings is 2. The number of nitrogens with one attached hydrogen (secondary N) is 2. The summed E-state index contributed by atoms with van der Waals surface area (Å²) >= 11 is 0. The average molecular weight is 340 g/mol. The fraction of sp³-hybridized carbons (Fsp3) is 0.263. The fourth-order valence-electron chi connectivity index (χ4n) is 2.51. The number of hydrogen-bond donors (Lipinski definition) is 2. The first-order valence-corrected chi connectivity index (χ1v) is 8.22. The van der Waals surface area contributed by atoms with Gasteiger partial charge in [0, 0.05) is 12.0 Å². The summed E-state index contributed by atoms with van der Waals surface area (Å²) in [4.78, 5) is 23.9. The number of ether oxygens (including phenoxy) is 2. The van der Waals surface area contributed by atoms with Crippen molar-refractivity contribution >= 4 is 11.8 Å². The van der Waals surface area contributed by atoms with Gasteiger partial charge in [-0.25, -0.2) is 0 Å². The predicted molar refractivity (Wildman–Crippen MR) is 92.3 cm³/mol. The van der Waals surface area contributed by atoms with E-state index in [0.717, 1.165) is 23.3 Å². The number of aryl methyl sites for hydroxylation is 2. The van der Waals surface area contributed by atoms with Crippen LogP contribution in [0.1, 0.15) is 34.8 Å². The summed E-state index contributed by atoms with van der Waals surface area (Å²) in [6, 6.07) is 12.9. The summed E-state index contributed by atoms with van der Waals surface area (Å²) in [6.07, 6.45) is 1.72. The Morgan fingerprint density at radius 2 is 1.68 bits per heavy atom. The lowest BCUT2D eigenvalue weighted by Gasteiger charge is -2.08. The Kier molecular flexibility index (Phi) is 5.18. The van der Waals surface area contributed by atoms with E-state index in [1.165, 1.54) is 0 Å². The molecule has 130 valence electrons. The van der Waals surface area contributed by atoms with Gasteiger partial charge in [-0.2, -0.15) is 0 Å². The van der Waals surface area contributed by atoms with Crippen LogP contribution >= 0.6 is 0 Å². The van der Waals surface area contributed by atoms with Crippen LogP contribution in [-0.2, 0) is 17.6 Å². The minimum atomic E-state index is -0.334. The van der Waals surface area contributed by atoms with Crippen molar-refractivity contribution in [2.24, 2.45) is 0 Å². The highest BCUT2D eigenvalue weighted by Gasteiger charge is 2.14. The first kappa shape index (κ1) is 16.8. The van der Waals surface area contributed by atoms with E-state index in [1.807, 2.05) is 30.3 Å². The molecule has 1 heterocycles. The van der Waals surface area contributed by atoms with Crippen molar-refractivity contribution < 1.29 is 19.1 Å². The Labute approximate surface area is 146 Å². The zero-order valence-corrected chi connectivity index (χ0v) is 14.0. The third-order valence-electron chi connectivity index (χ3n) is 4.02. The molecule has 0 spiro atoms. The summed E-state index contributed by atoms with van der Waals surface area (Å²) in [7, 11) is 0. The van der Waals surface area contributed by atoms with E-state index in [4.69, 9.17) is 9.47 Å². The SMILES string of the molecule is CCc1ccc(C(=O)NNC(=O)CCc2ccc3c(c2)OCO3)cc1. The standard InChI is InChI=1S/C19H20N2O4/c1-2-13-3-7-15(8-4-13)19(23)21-20-18(22)10-6-14-5-9-16-17(11-14)25-12-24-16/h3-5,7-9,11H,2,6,10,12H2,1H3,(H,20,22)(H,21,23). The maximum absolute atomic E-state index is 12.0. The van der Waals surface area contributed by atoms with Gasteiger partial charge in [0.1, 0.15) is 0 Å². The van der Waals surface area contributed by atoms with Crippen molar-refractivity contribution in [3.05, 3.63) is 59.2 Å². The molecular weight excluding hydrogens is 320 g/mol. The largest absolute Gasteiger partial charge is 0.454 e. The summed E-state index contributed by atoms with van der Waals surface area (Å²) in [5, 5.41) is 0. The summed E-state index contributed by atoms with van der Waals surface area (Å²) in [5.41, 5.74) is 7.51. The molecule has 25 heavy (non-hydrogen) atoms. The second kappa shape index (κ2) is 7.70. The Morgan fingerprint density at radius 3 is 2.44 bits per heavy atom. The van der Waals surface area contributed by atoms with Gasteiger partial charge in [-0.3, -0.25) is 20.4 Å². The molecule has 0 bridgehead atoms. The van der Waals surface area contributed by atoms with Gasteiger partial charge in [-0.1, -0.05) is 25.1 Å². The molecule has 3 rings (SSSR count). The van der Waals surface area contributed by atoms with Crippen LogP contribution in [-0.4, -0.2) is 18.6 Å². The van der Waals surface area contributed by atoms with E-state index in [1.54, 1.807) is 12.1 Å². The van der Waals surface area contributed by atoms with E-state index < -0.39 is 0 Å². The summed E-state index contributed by atoms with van der Waals surface area (Å²) in [6.45, 7) is 2.28. The molecule has 0 aliphatic carbocycles. The molecule has 0 aromatic heterocycles. The minimum absolute atomic E-state index is 0.227. The normalized spacial score (nSPS) is 11.9. The first-order chi connectivity index (χ1) is 12.2. The molecule has 6 nitrogen and oxygen atoms in total. The highest BCUT2D eigenvalue weighted by molar-refractivity contribution is 5.95. The third-order valence-corrected chi connectivity index (χ3v) is 4.02. The fourth-order valence-corrected chi connectivity index (χ4v) is 2.51. The average Bonchev–Trinajstić information content (AvgIpc) is 3.12. The number of carbonyl (C=O) groups is 2. The molecule has 0 radical (unpaired) electrons. The Bertz CT molecular complexity index is 771. The number of rotatable bonds is 5. The van der Waals surface area contributed by atoms with Gasteiger partial charge in [0.05, 0.1) is 0 Å². The lowest BCUT2D eigenvalue weighted by Crippen LogP contribution is -2.41. The molecule has 0 fully saturated rings. The smallest absolute Gasteiger partial charge is 0.269 e. The molecular formula is C19H20N2O4. The van der Waals surface area contributed by atoms with Crippen molar-refractivity contribution in [1.29, 1.82) is 0 Å². The van der Waals surface area contributed by atoms with Gasteiger partial charge in [0.15, 0.2) is 11.5 Å². The quantitative estimate of drug-likeness (QED) is 0.819. The second-order valence-electron chi connectivity index (χ2n) is 5.74. The van der Waals surface area contributed by atoms with E-state index in [0.29, 0.717) is 17.7 Å². The van der Waals surface area contributed by atoms with E-state index in [9.17, 15) is 9.59 Å². The molecule has 0 saturated carbocycles. The first-order valence-electron chi connectivity index (χ1n) is 8.22. The van der Waals surface area contributed by atoms with E-state index in [2.05, 4.69) is 17.8 Å². The number of amides is 2. The number of carbonyl (C=O) groups excluding carboxylic acids is 2. The molecule has 2 aromatic rings. The molecule has 2 amide bonds. The molecule has 0 unspecified atom stereocenters. The zero-order valence-electron chi connectivity index (χ0n) is 14.0. The van der Waals surface area contributed by atoms with Crippen LogP contribution in [0.4, 0.5) is 0 Å². The monoisotopic (exact) mass is 340 g/mol. The second-order valence-corrected chi connectivity index (χ2v) is 5.74. The molecule has 2 N–H and O–H groups in total. The topological polar surface area (TPSA) is 76.7 Å². The molecule has 0 atom stereocenters. The number of hydrogen-bond acceptors (Lipinski definition) is 4. The summed E-state index contributed by atoms with van der Waals surface area (Å²) < 4.78 is 10.6. The maximum Gasteiger partial charge on any atom is 0.269 e. The highest BCUT2D eigenvalue weighted by Crippen LogP contribution is 2.32. The van der Waals surface area contributed by atoms with Gasteiger partial charge >= 0.3 is 0 Å². The van der Waals surface area contributed by atoms with Crippen molar-refractivity contribution in [1.82, 2.24) is 10.9 Å². The van der Waals surface area contributed by atoms with E-state index >= 15 is 0 Å². The third kappa shape index (κ3) is 4.29. The molecule has 2 aromatic carbocycles. The van der Waals surface area contributed by atoms with Crippen LogP contribution in [0.2, 0.25) is 0 Å². The molecule has 1 aliphatic rings. The van der Waals surface area contributed by atoms with Gasteiger partial charge in [-0.15, -0.1) is 0 Å². The van der Waals surface area contributed by atoms with Gasteiger partial charge in [-0.05, 0) is 48.2 Å². The van der Waals surface area contributed by atoms with Crippen molar-refractivity contribution in [2.45, 2.75) is 26.2 Å².